The Morgan fingerprint density at radius 2 is 1.91 bits per heavy atom. The predicted octanol–water partition coefficient (Wildman–Crippen LogP) is 2.05. The normalized spacial score (nSPS) is 15.3. The minimum absolute atomic E-state index is 0.000730. The van der Waals surface area contributed by atoms with Crippen LogP contribution in [0.25, 0.3) is 17.0 Å². The smallest absolute Gasteiger partial charge is 0.338 e. The van der Waals surface area contributed by atoms with Crippen molar-refractivity contribution < 1.29 is 14.3 Å². The standard InChI is InChI=1S/C22H22FN7O3/c23-17-3-1-14(2-4-17)11-28-7-5-15(6-8-28)12-29-19-18(10-25-29)26-22(27-20(19)31)30-13-16(9-24-30)21(32)33/h1-4,9-10,13,15H,5-8,11-12H2,(H,32,33)(H,26,27,31). The van der Waals surface area contributed by atoms with Gasteiger partial charge < -0.3 is 5.11 Å². The molecule has 170 valence electrons. The van der Waals surface area contributed by atoms with Crippen LogP contribution in [0.4, 0.5) is 4.39 Å². The molecule has 11 heteroatoms. The van der Waals surface area contributed by atoms with Crippen LogP contribution in [0.5, 0.6) is 0 Å². The van der Waals surface area contributed by atoms with E-state index in [9.17, 15) is 14.0 Å². The summed E-state index contributed by atoms with van der Waals surface area (Å²) < 4.78 is 16.0. The van der Waals surface area contributed by atoms with Crippen LogP contribution in [0.3, 0.4) is 0 Å². The molecule has 0 aliphatic carbocycles. The molecule has 1 aliphatic heterocycles. The Morgan fingerprint density at radius 1 is 1.15 bits per heavy atom. The molecule has 0 spiro atoms. The van der Waals surface area contributed by atoms with Crippen LogP contribution in [0.2, 0.25) is 0 Å². The third-order valence-electron chi connectivity index (χ3n) is 5.99. The molecule has 5 rings (SSSR count). The first kappa shape index (κ1) is 21.0. The van der Waals surface area contributed by atoms with E-state index in [-0.39, 0.29) is 22.9 Å². The van der Waals surface area contributed by atoms with Gasteiger partial charge >= 0.3 is 5.97 Å². The van der Waals surface area contributed by atoms with E-state index >= 15 is 0 Å². The number of aromatic nitrogens is 6. The number of H-pyrrole nitrogens is 1. The average Bonchev–Trinajstić information content (AvgIpc) is 3.45. The number of piperidine rings is 1. The van der Waals surface area contributed by atoms with Crippen molar-refractivity contribution >= 4 is 17.0 Å². The van der Waals surface area contributed by atoms with Crippen LogP contribution in [0.15, 0.2) is 47.7 Å². The molecule has 0 amide bonds. The molecule has 0 bridgehead atoms. The maximum absolute atomic E-state index is 13.1. The van der Waals surface area contributed by atoms with Crippen LogP contribution < -0.4 is 5.56 Å². The van der Waals surface area contributed by atoms with E-state index in [2.05, 4.69) is 25.1 Å². The number of hydrogen-bond donors (Lipinski definition) is 2. The number of halogens is 1. The van der Waals surface area contributed by atoms with Gasteiger partial charge in [-0.25, -0.2) is 18.9 Å². The summed E-state index contributed by atoms with van der Waals surface area (Å²) in [5.74, 6) is -0.828. The van der Waals surface area contributed by atoms with Gasteiger partial charge in [0.1, 0.15) is 11.3 Å². The fourth-order valence-electron chi connectivity index (χ4n) is 4.21. The topological polar surface area (TPSA) is 122 Å². The molecule has 0 radical (unpaired) electrons. The lowest BCUT2D eigenvalue weighted by Crippen LogP contribution is -2.34. The summed E-state index contributed by atoms with van der Waals surface area (Å²) in [5.41, 5.74) is 1.55. The molecule has 10 nitrogen and oxygen atoms in total. The monoisotopic (exact) mass is 451 g/mol. The van der Waals surface area contributed by atoms with Gasteiger partial charge in [-0.05, 0) is 49.5 Å². The number of likely N-dealkylation sites (tertiary alicyclic amines) is 1. The molecule has 4 heterocycles. The number of aromatic carboxylic acids is 1. The molecule has 1 fully saturated rings. The summed E-state index contributed by atoms with van der Waals surface area (Å²) in [6.07, 6.45) is 5.96. The number of nitrogens with one attached hydrogen (secondary N) is 1. The van der Waals surface area contributed by atoms with Crippen LogP contribution in [0, 0.1) is 11.7 Å². The lowest BCUT2D eigenvalue weighted by Gasteiger charge is -2.32. The van der Waals surface area contributed by atoms with Gasteiger partial charge in [0.2, 0.25) is 5.95 Å². The summed E-state index contributed by atoms with van der Waals surface area (Å²) in [4.78, 5) is 33.2. The molecule has 33 heavy (non-hydrogen) atoms. The molecule has 0 unspecified atom stereocenters. The van der Waals surface area contributed by atoms with E-state index in [1.807, 2.05) is 12.1 Å². The highest BCUT2D eigenvalue weighted by Crippen LogP contribution is 2.22. The largest absolute Gasteiger partial charge is 0.478 e. The Morgan fingerprint density at radius 3 is 2.61 bits per heavy atom. The van der Waals surface area contributed by atoms with Crippen molar-refractivity contribution in [1.82, 2.24) is 34.4 Å². The molecule has 3 aromatic heterocycles. The molecule has 1 aromatic carbocycles. The lowest BCUT2D eigenvalue weighted by atomic mass is 9.96. The third kappa shape index (κ3) is 4.40. The number of rotatable bonds is 6. The predicted molar refractivity (Wildman–Crippen MR) is 117 cm³/mol. The molecule has 2 N–H and O–H groups in total. The Hall–Kier alpha value is -3.86. The first-order chi connectivity index (χ1) is 16.0. The number of carboxylic acids is 1. The number of carbonyl (C=O) groups is 1. The second-order valence-electron chi connectivity index (χ2n) is 8.27. The number of benzene rings is 1. The van der Waals surface area contributed by atoms with Crippen LogP contribution in [-0.4, -0.2) is 58.6 Å². The second-order valence-corrected chi connectivity index (χ2v) is 8.27. The fourth-order valence-corrected chi connectivity index (χ4v) is 4.21. The fraction of sp³-hybridized carbons (Fsp3) is 0.318. The minimum Gasteiger partial charge on any atom is -0.478 e. The molecule has 0 saturated carbocycles. The van der Waals surface area contributed by atoms with Gasteiger partial charge in [0.05, 0.1) is 18.0 Å². The maximum atomic E-state index is 13.1. The van der Waals surface area contributed by atoms with Gasteiger partial charge in [0.25, 0.3) is 5.56 Å². The molecular weight excluding hydrogens is 429 g/mol. The van der Waals surface area contributed by atoms with E-state index in [0.717, 1.165) is 38.0 Å². The molecule has 4 aromatic rings. The van der Waals surface area contributed by atoms with Crippen molar-refractivity contribution in [2.45, 2.75) is 25.9 Å². The SMILES string of the molecule is O=C(O)c1cnn(-c2nc3cnn(CC4CCN(Cc5ccc(F)cc5)CC4)c3c(=O)[nH]2)c1. The summed E-state index contributed by atoms with van der Waals surface area (Å²) in [7, 11) is 0. The first-order valence-electron chi connectivity index (χ1n) is 10.7. The molecule has 1 saturated heterocycles. The van der Waals surface area contributed by atoms with Gasteiger partial charge in [-0.3, -0.25) is 19.4 Å². The summed E-state index contributed by atoms with van der Waals surface area (Å²) in [6.45, 7) is 3.25. The van der Waals surface area contributed by atoms with Crippen molar-refractivity contribution in [2.75, 3.05) is 13.1 Å². The summed E-state index contributed by atoms with van der Waals surface area (Å²) in [6, 6.07) is 6.60. The first-order valence-corrected chi connectivity index (χ1v) is 10.7. The lowest BCUT2D eigenvalue weighted by molar-refractivity contribution is 0.0697. The molecular formula is C22H22FN7O3. The van der Waals surface area contributed by atoms with Crippen molar-refractivity contribution in [2.24, 2.45) is 5.92 Å². The average molecular weight is 451 g/mol. The highest BCUT2D eigenvalue weighted by atomic mass is 19.1. The van der Waals surface area contributed by atoms with Crippen molar-refractivity contribution in [1.29, 1.82) is 0 Å². The van der Waals surface area contributed by atoms with E-state index in [4.69, 9.17) is 5.11 Å². The van der Waals surface area contributed by atoms with Crippen LogP contribution in [-0.2, 0) is 13.1 Å². The van der Waals surface area contributed by atoms with E-state index in [1.54, 1.807) is 10.9 Å². The van der Waals surface area contributed by atoms with E-state index in [1.165, 1.54) is 29.2 Å². The van der Waals surface area contributed by atoms with Gasteiger partial charge in [-0.2, -0.15) is 10.2 Å². The van der Waals surface area contributed by atoms with Gasteiger partial charge in [-0.1, -0.05) is 12.1 Å². The zero-order valence-electron chi connectivity index (χ0n) is 17.7. The van der Waals surface area contributed by atoms with Crippen LogP contribution in [0.1, 0.15) is 28.8 Å². The highest BCUT2D eigenvalue weighted by Gasteiger charge is 2.22. The Labute approximate surface area is 187 Å². The Bertz CT molecular complexity index is 1350. The van der Waals surface area contributed by atoms with Gasteiger partial charge in [0, 0.05) is 19.3 Å². The van der Waals surface area contributed by atoms with Gasteiger partial charge in [0.15, 0.2) is 5.52 Å². The van der Waals surface area contributed by atoms with Crippen molar-refractivity contribution in [3.8, 4) is 5.95 Å². The third-order valence-corrected chi connectivity index (χ3v) is 5.99. The number of fused-ring (bicyclic) bond motifs is 1. The Kier molecular flexibility index (Phi) is 5.47. The summed E-state index contributed by atoms with van der Waals surface area (Å²) in [5, 5.41) is 17.4. The number of hydrogen-bond acceptors (Lipinski definition) is 6. The van der Waals surface area contributed by atoms with Crippen molar-refractivity contribution in [3.05, 3.63) is 70.2 Å². The zero-order chi connectivity index (χ0) is 22.9. The molecule has 0 atom stereocenters. The number of nitrogens with zero attached hydrogens (tertiary/aromatic N) is 6. The van der Waals surface area contributed by atoms with Gasteiger partial charge in [-0.15, -0.1) is 0 Å². The maximum Gasteiger partial charge on any atom is 0.338 e. The minimum atomic E-state index is -1.11. The molecule has 1 aliphatic rings. The quantitative estimate of drug-likeness (QED) is 0.460. The van der Waals surface area contributed by atoms with Crippen LogP contribution >= 0.6 is 0 Å². The van der Waals surface area contributed by atoms with Crippen molar-refractivity contribution in [3.63, 3.8) is 0 Å². The summed E-state index contributed by atoms with van der Waals surface area (Å²) >= 11 is 0. The van der Waals surface area contributed by atoms with E-state index in [0.29, 0.717) is 23.5 Å². The second kappa shape index (κ2) is 8.58. The number of aromatic amines is 1. The van der Waals surface area contributed by atoms with E-state index < -0.39 is 5.97 Å². The number of carboxylic acid groups (broad SMARTS) is 1. The Balaban J connectivity index is 1.26. The zero-order valence-corrected chi connectivity index (χ0v) is 17.7. The highest BCUT2D eigenvalue weighted by molar-refractivity contribution is 5.87.